The molecule has 0 unspecified atom stereocenters. The van der Waals surface area contributed by atoms with Crippen LogP contribution in [0.25, 0.3) is 68.1 Å². The van der Waals surface area contributed by atoms with Gasteiger partial charge in [-0.3, -0.25) is 0 Å². The van der Waals surface area contributed by atoms with Crippen molar-refractivity contribution in [1.29, 1.82) is 0 Å². The van der Waals surface area contributed by atoms with Crippen LogP contribution in [-0.4, -0.2) is 24.9 Å². The minimum absolute atomic E-state index is 0.594. The molecule has 0 spiro atoms. The van der Waals surface area contributed by atoms with E-state index in [2.05, 4.69) is 24.3 Å². The molecule has 49 heavy (non-hydrogen) atoms. The quantitative estimate of drug-likeness (QED) is 0.166. The van der Waals surface area contributed by atoms with Crippen LogP contribution in [0.4, 0.5) is 0 Å². The molecule has 232 valence electrons. The fraction of sp³-hybridized carbons (Fsp3) is 0. The molecule has 0 amide bonds. The maximum Gasteiger partial charge on any atom is 0.164 e. The third-order valence-electron chi connectivity index (χ3n) is 8.03. The van der Waals surface area contributed by atoms with Crippen molar-refractivity contribution in [2.75, 3.05) is 0 Å². The number of nitrogens with zero attached hydrogens (tertiary/aromatic N) is 5. The second kappa shape index (κ2) is 13.5. The number of hydrogen-bond donors (Lipinski definition) is 0. The summed E-state index contributed by atoms with van der Waals surface area (Å²) >= 11 is 0. The SMILES string of the molecule is c1ccc(-c2cc(-c3ccccc3)nc(-c3ccc(Oc4ccc(-c5nc(-c6ccccc6)nc(-c6ccccc6)n5)cc4)cc3)n2)cc1. The molecule has 0 saturated carbocycles. The van der Waals surface area contributed by atoms with Crippen molar-refractivity contribution in [3.8, 4) is 79.6 Å². The Morgan fingerprint density at radius 3 is 0.898 bits per heavy atom. The van der Waals surface area contributed by atoms with Crippen LogP contribution in [0.3, 0.4) is 0 Å². The number of benzene rings is 6. The lowest BCUT2D eigenvalue weighted by atomic mass is 10.1. The van der Waals surface area contributed by atoms with Crippen LogP contribution in [0.1, 0.15) is 0 Å². The first-order chi connectivity index (χ1) is 24.2. The molecule has 2 aromatic heterocycles. The Labute approximate surface area is 284 Å². The van der Waals surface area contributed by atoms with Crippen LogP contribution < -0.4 is 4.74 Å². The summed E-state index contributed by atoms with van der Waals surface area (Å²) in [4.78, 5) is 24.3. The third-order valence-corrected chi connectivity index (χ3v) is 8.03. The predicted octanol–water partition coefficient (Wildman–Crippen LogP) is 10.5. The highest BCUT2D eigenvalue weighted by molar-refractivity contribution is 5.72. The first-order valence-electron chi connectivity index (χ1n) is 16.0. The molecule has 6 nitrogen and oxygen atoms in total. The van der Waals surface area contributed by atoms with Gasteiger partial charge in [-0.05, 0) is 54.6 Å². The van der Waals surface area contributed by atoms with Gasteiger partial charge in [0.15, 0.2) is 23.3 Å². The average molecular weight is 632 g/mol. The van der Waals surface area contributed by atoms with Gasteiger partial charge in [0, 0.05) is 33.4 Å². The molecule has 8 rings (SSSR count). The molecular formula is C43H29N5O. The number of rotatable bonds is 8. The lowest BCUT2D eigenvalue weighted by molar-refractivity contribution is 0.483. The summed E-state index contributed by atoms with van der Waals surface area (Å²) in [6.45, 7) is 0. The number of hydrogen-bond acceptors (Lipinski definition) is 6. The molecule has 8 aromatic rings. The maximum atomic E-state index is 6.24. The molecule has 6 heteroatoms. The van der Waals surface area contributed by atoms with Gasteiger partial charge in [0.1, 0.15) is 11.5 Å². The summed E-state index contributed by atoms with van der Waals surface area (Å²) in [5.41, 5.74) is 7.44. The van der Waals surface area contributed by atoms with Crippen LogP contribution in [0.15, 0.2) is 176 Å². The van der Waals surface area contributed by atoms with Gasteiger partial charge in [0.25, 0.3) is 0 Å². The van der Waals surface area contributed by atoms with Crippen LogP contribution >= 0.6 is 0 Å². The molecule has 0 radical (unpaired) electrons. The van der Waals surface area contributed by atoms with Gasteiger partial charge >= 0.3 is 0 Å². The molecule has 6 aromatic carbocycles. The monoisotopic (exact) mass is 631 g/mol. The van der Waals surface area contributed by atoms with Crippen LogP contribution in [0, 0.1) is 0 Å². The van der Waals surface area contributed by atoms with Crippen molar-refractivity contribution in [1.82, 2.24) is 24.9 Å². The zero-order valence-corrected chi connectivity index (χ0v) is 26.4. The minimum Gasteiger partial charge on any atom is -0.457 e. The zero-order valence-electron chi connectivity index (χ0n) is 26.4. The first-order valence-corrected chi connectivity index (χ1v) is 16.0. The lowest BCUT2D eigenvalue weighted by Crippen LogP contribution is -2.00. The van der Waals surface area contributed by atoms with Gasteiger partial charge in [-0.25, -0.2) is 24.9 Å². The number of aromatic nitrogens is 5. The normalized spacial score (nSPS) is 10.9. The van der Waals surface area contributed by atoms with Gasteiger partial charge in [0.2, 0.25) is 0 Å². The molecule has 0 fully saturated rings. The Morgan fingerprint density at radius 2 is 0.551 bits per heavy atom. The van der Waals surface area contributed by atoms with Crippen molar-refractivity contribution in [2.45, 2.75) is 0 Å². The molecule has 0 atom stereocenters. The van der Waals surface area contributed by atoms with E-state index >= 15 is 0 Å². The van der Waals surface area contributed by atoms with Crippen molar-refractivity contribution >= 4 is 0 Å². The Hall–Kier alpha value is -6.79. The van der Waals surface area contributed by atoms with E-state index in [-0.39, 0.29) is 0 Å². The van der Waals surface area contributed by atoms with E-state index in [1.807, 2.05) is 152 Å². The van der Waals surface area contributed by atoms with Gasteiger partial charge in [-0.2, -0.15) is 0 Å². The average Bonchev–Trinajstić information content (AvgIpc) is 3.19. The van der Waals surface area contributed by atoms with E-state index < -0.39 is 0 Å². The highest BCUT2D eigenvalue weighted by Gasteiger charge is 2.13. The molecule has 0 aliphatic heterocycles. The van der Waals surface area contributed by atoms with E-state index in [1.54, 1.807) is 0 Å². The molecule has 0 aliphatic rings. The van der Waals surface area contributed by atoms with Crippen LogP contribution in [0.5, 0.6) is 11.5 Å². The van der Waals surface area contributed by atoms with Gasteiger partial charge in [0.05, 0.1) is 11.4 Å². The fourth-order valence-electron chi connectivity index (χ4n) is 5.51. The summed E-state index contributed by atoms with van der Waals surface area (Å²) < 4.78 is 6.24. The van der Waals surface area contributed by atoms with Crippen LogP contribution in [0.2, 0.25) is 0 Å². The van der Waals surface area contributed by atoms with Gasteiger partial charge in [-0.15, -0.1) is 0 Å². The summed E-state index contributed by atoms with van der Waals surface area (Å²) in [6.07, 6.45) is 0. The second-order valence-corrected chi connectivity index (χ2v) is 11.4. The lowest BCUT2D eigenvalue weighted by Gasteiger charge is -2.11. The Kier molecular flexibility index (Phi) is 8.17. The van der Waals surface area contributed by atoms with Crippen molar-refractivity contribution in [3.63, 3.8) is 0 Å². The molecular weight excluding hydrogens is 603 g/mol. The van der Waals surface area contributed by atoms with E-state index in [0.717, 1.165) is 44.8 Å². The second-order valence-electron chi connectivity index (χ2n) is 11.4. The summed E-state index contributed by atoms with van der Waals surface area (Å²) in [5, 5.41) is 0. The third kappa shape index (κ3) is 6.70. The standard InChI is InChI=1S/C43H29N5O/c1-5-13-30(14-6-1)38-29-39(31-15-7-2-8-16-31)45-40(44-38)34-21-25-36(26-22-34)49-37-27-23-35(24-28-37)43-47-41(32-17-9-3-10-18-32)46-42(48-43)33-19-11-4-12-20-33/h1-29H. The summed E-state index contributed by atoms with van der Waals surface area (Å²) in [6, 6.07) is 57.9. The smallest absolute Gasteiger partial charge is 0.164 e. The molecule has 0 aliphatic carbocycles. The van der Waals surface area contributed by atoms with E-state index in [1.165, 1.54) is 0 Å². The largest absolute Gasteiger partial charge is 0.457 e. The van der Waals surface area contributed by atoms with Crippen molar-refractivity contribution < 1.29 is 4.74 Å². The van der Waals surface area contributed by atoms with E-state index in [9.17, 15) is 0 Å². The van der Waals surface area contributed by atoms with Crippen molar-refractivity contribution in [2.24, 2.45) is 0 Å². The molecule has 0 bridgehead atoms. The highest BCUT2D eigenvalue weighted by atomic mass is 16.5. The summed E-state index contributed by atoms with van der Waals surface area (Å²) in [7, 11) is 0. The highest BCUT2D eigenvalue weighted by Crippen LogP contribution is 2.31. The first kappa shape index (κ1) is 29.6. The van der Waals surface area contributed by atoms with Crippen LogP contribution in [-0.2, 0) is 0 Å². The Bertz CT molecular complexity index is 2030. The number of ether oxygens (including phenoxy) is 1. The predicted molar refractivity (Wildman–Crippen MR) is 195 cm³/mol. The van der Waals surface area contributed by atoms with Gasteiger partial charge < -0.3 is 4.74 Å². The topological polar surface area (TPSA) is 73.7 Å². The van der Waals surface area contributed by atoms with E-state index in [4.69, 9.17) is 29.7 Å². The molecule has 0 N–H and O–H groups in total. The fourth-order valence-corrected chi connectivity index (χ4v) is 5.51. The zero-order chi connectivity index (χ0) is 32.8. The Morgan fingerprint density at radius 1 is 0.265 bits per heavy atom. The Balaban J connectivity index is 1.06. The molecule has 0 saturated heterocycles. The molecule has 2 heterocycles. The van der Waals surface area contributed by atoms with E-state index in [0.29, 0.717) is 34.8 Å². The maximum absolute atomic E-state index is 6.24. The minimum atomic E-state index is 0.594. The van der Waals surface area contributed by atoms with Crippen molar-refractivity contribution in [3.05, 3.63) is 176 Å². The van der Waals surface area contributed by atoms with Gasteiger partial charge in [-0.1, -0.05) is 121 Å². The summed E-state index contributed by atoms with van der Waals surface area (Å²) in [5.74, 6) is 3.90.